The molecule has 0 amide bonds. The molecule has 0 saturated carbocycles. The van der Waals surface area contributed by atoms with Gasteiger partial charge in [0.2, 0.25) is 0 Å². The van der Waals surface area contributed by atoms with Crippen LogP contribution in [0.15, 0.2) is 12.3 Å². The molecule has 0 unspecified atom stereocenters. The lowest BCUT2D eigenvalue weighted by molar-refractivity contribution is 0.195. The van der Waals surface area contributed by atoms with Crippen LogP contribution in [0.1, 0.15) is 18.5 Å². The Morgan fingerprint density at radius 2 is 2.11 bits per heavy atom. The number of nitrogens with one attached hydrogen (secondary N) is 2. The summed E-state index contributed by atoms with van der Waals surface area (Å²) < 4.78 is 6.96. The van der Waals surface area contributed by atoms with Crippen LogP contribution < -0.4 is 10.6 Å². The van der Waals surface area contributed by atoms with Crippen molar-refractivity contribution in [1.29, 1.82) is 0 Å². The molecule has 0 aliphatic heterocycles. The Labute approximate surface area is 114 Å². The summed E-state index contributed by atoms with van der Waals surface area (Å²) in [7, 11) is 1.70. The molecule has 102 valence electrons. The van der Waals surface area contributed by atoms with Crippen molar-refractivity contribution in [2.75, 3.05) is 26.8 Å². The number of thiocarbonyl (C=S) groups is 1. The summed E-state index contributed by atoms with van der Waals surface area (Å²) >= 11 is 5.16. The van der Waals surface area contributed by atoms with Gasteiger partial charge in [0, 0.05) is 45.2 Å². The van der Waals surface area contributed by atoms with Crippen LogP contribution in [0.4, 0.5) is 0 Å². The summed E-state index contributed by atoms with van der Waals surface area (Å²) in [5.41, 5.74) is 1.19. The third kappa shape index (κ3) is 5.97. The topological polar surface area (TPSA) is 51.1 Å². The van der Waals surface area contributed by atoms with Gasteiger partial charge in [-0.2, -0.15) is 5.10 Å². The molecule has 0 radical (unpaired) electrons. The zero-order valence-corrected chi connectivity index (χ0v) is 11.9. The lowest BCUT2D eigenvalue weighted by atomic mass is 10.4. The number of hydrogen-bond acceptors (Lipinski definition) is 3. The van der Waals surface area contributed by atoms with Crippen molar-refractivity contribution < 1.29 is 4.74 Å². The maximum Gasteiger partial charge on any atom is 0.166 e. The highest BCUT2D eigenvalue weighted by molar-refractivity contribution is 7.80. The molecule has 0 aromatic carbocycles. The van der Waals surface area contributed by atoms with Gasteiger partial charge in [0.15, 0.2) is 5.11 Å². The average molecular weight is 270 g/mol. The molecule has 2 N–H and O–H groups in total. The van der Waals surface area contributed by atoms with Crippen LogP contribution in [0.2, 0.25) is 0 Å². The van der Waals surface area contributed by atoms with Crippen molar-refractivity contribution in [3.05, 3.63) is 18.0 Å². The number of aryl methyl sites for hydroxylation is 2. The van der Waals surface area contributed by atoms with Gasteiger partial charge < -0.3 is 15.4 Å². The highest BCUT2D eigenvalue weighted by Gasteiger charge is 1.97. The van der Waals surface area contributed by atoms with E-state index in [4.69, 9.17) is 17.0 Å². The highest BCUT2D eigenvalue weighted by atomic mass is 32.1. The normalized spacial score (nSPS) is 10.3. The van der Waals surface area contributed by atoms with Gasteiger partial charge in [-0.15, -0.1) is 0 Å². The minimum atomic E-state index is 0.711. The number of nitrogens with zero attached hydrogens (tertiary/aromatic N) is 2. The van der Waals surface area contributed by atoms with Crippen LogP contribution in [0, 0.1) is 6.92 Å². The first-order valence-corrected chi connectivity index (χ1v) is 6.64. The van der Waals surface area contributed by atoms with Crippen LogP contribution >= 0.6 is 12.2 Å². The number of hydrogen-bond donors (Lipinski definition) is 2. The molecule has 1 aromatic heterocycles. The maximum atomic E-state index is 5.16. The maximum absolute atomic E-state index is 5.16. The lowest BCUT2D eigenvalue weighted by Gasteiger charge is -2.10. The molecule has 0 saturated heterocycles. The largest absolute Gasteiger partial charge is 0.385 e. The molecular weight excluding hydrogens is 248 g/mol. The fraction of sp³-hybridized carbons (Fsp3) is 0.667. The molecule has 0 bridgehead atoms. The summed E-state index contributed by atoms with van der Waals surface area (Å²) in [6.07, 6.45) is 3.79. The Bertz CT molecular complexity index is 354. The molecule has 0 aliphatic rings. The Balaban J connectivity index is 2.00. The molecule has 1 heterocycles. The van der Waals surface area contributed by atoms with Crippen LogP contribution in [-0.4, -0.2) is 41.7 Å². The summed E-state index contributed by atoms with van der Waals surface area (Å²) in [4.78, 5) is 0. The van der Waals surface area contributed by atoms with Crippen LogP contribution in [0.25, 0.3) is 0 Å². The first-order valence-electron chi connectivity index (χ1n) is 6.23. The summed E-state index contributed by atoms with van der Waals surface area (Å²) in [5.74, 6) is 0. The van der Waals surface area contributed by atoms with E-state index < -0.39 is 0 Å². The van der Waals surface area contributed by atoms with E-state index in [1.165, 1.54) is 5.69 Å². The van der Waals surface area contributed by atoms with E-state index in [0.29, 0.717) is 5.11 Å². The van der Waals surface area contributed by atoms with Gasteiger partial charge in [0.25, 0.3) is 0 Å². The molecule has 1 rings (SSSR count). The van der Waals surface area contributed by atoms with Crippen molar-refractivity contribution >= 4 is 17.3 Å². The van der Waals surface area contributed by atoms with Crippen LogP contribution in [0.5, 0.6) is 0 Å². The summed E-state index contributed by atoms with van der Waals surface area (Å²) in [6.45, 7) is 5.43. The average Bonchev–Trinajstić information content (AvgIpc) is 2.76. The predicted molar refractivity (Wildman–Crippen MR) is 76.7 cm³/mol. The van der Waals surface area contributed by atoms with E-state index in [0.717, 1.165) is 39.1 Å². The molecule has 0 aliphatic carbocycles. The number of ether oxygens (including phenoxy) is 1. The van der Waals surface area contributed by atoms with Crippen molar-refractivity contribution in [3.63, 3.8) is 0 Å². The number of rotatable bonds is 8. The van der Waals surface area contributed by atoms with E-state index >= 15 is 0 Å². The predicted octanol–water partition coefficient (Wildman–Crippen LogP) is 1.08. The minimum absolute atomic E-state index is 0.711. The Kier molecular flexibility index (Phi) is 7.36. The van der Waals surface area contributed by atoms with E-state index in [-0.39, 0.29) is 0 Å². The summed E-state index contributed by atoms with van der Waals surface area (Å²) in [6, 6.07) is 2.01. The van der Waals surface area contributed by atoms with Gasteiger partial charge >= 0.3 is 0 Å². The van der Waals surface area contributed by atoms with Crippen molar-refractivity contribution in [3.8, 4) is 0 Å². The highest BCUT2D eigenvalue weighted by Crippen LogP contribution is 1.96. The van der Waals surface area contributed by atoms with Gasteiger partial charge in [-0.1, -0.05) is 0 Å². The van der Waals surface area contributed by atoms with Crippen molar-refractivity contribution in [2.45, 2.75) is 26.3 Å². The molecule has 0 fully saturated rings. The van der Waals surface area contributed by atoms with Gasteiger partial charge in [-0.05, 0) is 38.0 Å². The second kappa shape index (κ2) is 8.88. The fourth-order valence-electron chi connectivity index (χ4n) is 1.54. The van der Waals surface area contributed by atoms with Crippen LogP contribution in [-0.2, 0) is 11.3 Å². The molecular formula is C12H22N4OS. The van der Waals surface area contributed by atoms with Gasteiger partial charge in [-0.3, -0.25) is 4.68 Å². The standard InChI is InChI=1S/C12H22N4OS/c1-11-5-8-15-16(11)9-3-6-13-12(18)14-7-4-10-17-2/h5,8H,3-4,6-7,9-10H2,1-2H3,(H2,13,14,18). The molecule has 5 nitrogen and oxygen atoms in total. The number of methoxy groups -OCH3 is 1. The third-order valence-electron chi connectivity index (χ3n) is 2.57. The number of aromatic nitrogens is 2. The lowest BCUT2D eigenvalue weighted by Crippen LogP contribution is -2.36. The van der Waals surface area contributed by atoms with Crippen LogP contribution in [0.3, 0.4) is 0 Å². The Morgan fingerprint density at radius 3 is 2.72 bits per heavy atom. The van der Waals surface area contributed by atoms with Gasteiger partial charge in [0.1, 0.15) is 0 Å². The monoisotopic (exact) mass is 270 g/mol. The zero-order chi connectivity index (χ0) is 13.2. The molecule has 0 atom stereocenters. The molecule has 0 spiro atoms. The van der Waals surface area contributed by atoms with E-state index in [2.05, 4.69) is 22.7 Å². The second-order valence-corrected chi connectivity index (χ2v) is 4.49. The SMILES string of the molecule is COCCCNC(=S)NCCCn1nccc1C. The van der Waals surface area contributed by atoms with Crippen molar-refractivity contribution in [2.24, 2.45) is 0 Å². The van der Waals surface area contributed by atoms with Gasteiger partial charge in [-0.25, -0.2) is 0 Å². The van der Waals surface area contributed by atoms with Gasteiger partial charge in [0.05, 0.1) is 0 Å². The first-order chi connectivity index (χ1) is 8.74. The smallest absolute Gasteiger partial charge is 0.166 e. The van der Waals surface area contributed by atoms with E-state index in [1.807, 2.05) is 16.9 Å². The van der Waals surface area contributed by atoms with Crippen molar-refractivity contribution in [1.82, 2.24) is 20.4 Å². The molecule has 18 heavy (non-hydrogen) atoms. The fourth-order valence-corrected chi connectivity index (χ4v) is 1.75. The first kappa shape index (κ1) is 14.9. The van der Waals surface area contributed by atoms with E-state index in [1.54, 1.807) is 7.11 Å². The molecule has 6 heteroatoms. The zero-order valence-electron chi connectivity index (χ0n) is 11.1. The summed E-state index contributed by atoms with van der Waals surface area (Å²) in [5, 5.41) is 11.3. The molecule has 1 aromatic rings. The Hall–Kier alpha value is -1.14. The quantitative estimate of drug-likeness (QED) is 0.547. The van der Waals surface area contributed by atoms with E-state index in [9.17, 15) is 0 Å². The Morgan fingerprint density at radius 1 is 1.39 bits per heavy atom. The second-order valence-electron chi connectivity index (χ2n) is 4.08. The third-order valence-corrected chi connectivity index (χ3v) is 2.86. The minimum Gasteiger partial charge on any atom is -0.385 e.